The first-order valence-electron chi connectivity index (χ1n) is 42.3. The lowest BCUT2D eigenvalue weighted by Crippen LogP contribution is -2.63. The summed E-state index contributed by atoms with van der Waals surface area (Å²) in [6.07, 6.45) is -7.11. The minimum absolute atomic E-state index is 0.00881. The molecule has 0 bridgehead atoms. The molecule has 0 aromatic heterocycles. The van der Waals surface area contributed by atoms with E-state index in [1.165, 1.54) is 13.8 Å². The summed E-state index contributed by atoms with van der Waals surface area (Å²) in [6.45, 7) is 10.9. The number of aliphatic hydroxyl groups is 10. The Labute approximate surface area is 703 Å². The van der Waals surface area contributed by atoms with Gasteiger partial charge in [0.15, 0.2) is 18.9 Å². The van der Waals surface area contributed by atoms with Crippen molar-refractivity contribution in [1.82, 2.24) is 26.6 Å². The van der Waals surface area contributed by atoms with Crippen LogP contribution in [-0.2, 0) is 105 Å². The molecule has 4 aliphatic heterocycles. The number of aliphatic hydroxyl groups excluding tert-OH is 9. The number of rotatable bonds is 63. The van der Waals surface area contributed by atoms with Crippen molar-refractivity contribution in [2.75, 3.05) is 106 Å². The minimum Gasteiger partial charge on any atom is -0.410 e. The van der Waals surface area contributed by atoms with Crippen molar-refractivity contribution in [3.63, 3.8) is 0 Å². The third-order valence-corrected chi connectivity index (χ3v) is 21.1. The predicted molar refractivity (Wildman–Crippen MR) is 425 cm³/mol. The van der Waals surface area contributed by atoms with Crippen molar-refractivity contribution < 1.29 is 161 Å². The average Bonchev–Trinajstić information content (AvgIpc) is 0.767. The van der Waals surface area contributed by atoms with Crippen LogP contribution in [0.1, 0.15) is 216 Å². The summed E-state index contributed by atoms with van der Waals surface area (Å²) < 4.78 is 69.4. The molecule has 4 aliphatic rings. The van der Waals surface area contributed by atoms with Gasteiger partial charge in [-0.3, -0.25) is 48.0 Å². The second-order valence-electron chi connectivity index (χ2n) is 33.0. The van der Waals surface area contributed by atoms with Crippen LogP contribution < -0.4 is 26.6 Å². The lowest BCUT2D eigenvalue weighted by atomic mass is 9.82. The molecule has 0 aromatic carbocycles. The quantitative estimate of drug-likeness (QED) is 0.00994. The summed E-state index contributed by atoms with van der Waals surface area (Å²) in [4.78, 5) is 134. The third-order valence-electron chi connectivity index (χ3n) is 21.1. The Balaban J connectivity index is 1.37. The molecule has 0 aromatic rings. The first-order chi connectivity index (χ1) is 57.0. The van der Waals surface area contributed by atoms with Crippen molar-refractivity contribution in [1.29, 1.82) is 0 Å². The number of oxime groups is 1. The molecule has 120 heavy (non-hydrogen) atoms. The van der Waals surface area contributed by atoms with Crippen molar-refractivity contribution in [2.24, 2.45) is 28.3 Å². The summed E-state index contributed by atoms with van der Waals surface area (Å²) in [5.74, 6) is -5.89. The molecule has 7 unspecified atom stereocenters. The summed E-state index contributed by atoms with van der Waals surface area (Å²) >= 11 is 0. The summed E-state index contributed by atoms with van der Waals surface area (Å²) in [5, 5.41) is 119. The predicted octanol–water partition coefficient (Wildman–Crippen LogP) is 0.684. The summed E-state index contributed by atoms with van der Waals surface area (Å²) in [6, 6.07) is -1.18. The van der Waals surface area contributed by atoms with Gasteiger partial charge in [-0.1, -0.05) is 59.5 Å². The topological polar surface area (TPSA) is 566 Å². The van der Waals surface area contributed by atoms with E-state index < -0.39 is 183 Å². The Hall–Kier alpha value is -5.87. The average molecular weight is 1730 g/mol. The monoisotopic (exact) mass is 1720 g/mol. The zero-order chi connectivity index (χ0) is 88.9. The Morgan fingerprint density at radius 1 is 0.500 bits per heavy atom. The van der Waals surface area contributed by atoms with Crippen LogP contribution in [0.15, 0.2) is 5.16 Å². The Kier molecular flexibility index (Phi) is 50.5. The molecular weight excluding hydrogens is 1580 g/mol. The number of carbonyl (C=O) groups excluding carboxylic acids is 10. The Bertz CT molecular complexity index is 2960. The van der Waals surface area contributed by atoms with Gasteiger partial charge in [0.25, 0.3) is 6.47 Å². The highest BCUT2D eigenvalue weighted by Crippen LogP contribution is 2.36. The SMILES string of the molecule is CC(=O)N[C@@H]1C(C=NOC(=O)NCCC(=O)NC(COCCC(=O)CCCCCC(=O)CCCCO[C@H]2OC(CO)[C@@H](O)C(O)[C@H]2C)(COCCC(=O)CCCCCC(=O)CCCCO[C@H]2OC(CO)[C@@H](O)C(O)[C@H]2C)COCCC(=O)NCCCNC(=O)CCCCO[C@H]2OC(CO)[C@@](C)(O)C(O)[C@H]2C)O[C@](OC=O)(OCC(C)(C)C)C[C@@H]1O. The molecule has 39 heteroatoms. The van der Waals surface area contributed by atoms with Crippen LogP contribution in [0.5, 0.6) is 0 Å². The molecule has 0 radical (unpaired) electrons. The second-order valence-corrected chi connectivity index (χ2v) is 33.0. The van der Waals surface area contributed by atoms with Gasteiger partial charge in [-0.2, -0.15) is 0 Å². The minimum atomic E-state index is -2.13. The van der Waals surface area contributed by atoms with Crippen LogP contribution in [0.25, 0.3) is 0 Å². The van der Waals surface area contributed by atoms with Crippen LogP contribution >= 0.6 is 0 Å². The molecule has 0 spiro atoms. The maximum absolute atomic E-state index is 14.1. The molecule has 5 amide bonds. The standard InChI is InChI=1S/C81H140N6O33/c1-52-69(101)71(103)62(44-88)116-74(52)111-36-18-15-26-56(93)22-11-9-13-24-58(95)30-39-108-48-80(49-109-40-31-59(96)25-14-10-12-23-57(94)27-16-19-37-112-75-53(2)70(102)72(104)63(45-89)117-75,50-110-41-32-66(99)83-34-21-33-82-65(98)28-17-20-38-113-76-54(3)73(105)79(8,107)64(46-90)118-76)87-67(100)29-35-84-77(106)120-85-43-61-68(86-55(4)92)60(97)42-81(119-61,115-51-91)114-47-78(5,6)7/h43,51-54,60-64,68-76,88-90,97,101-105,107H,9-42,44-50H2,1-8H3,(H,82,98)(H,83,99)(H,84,106)(H,86,92)(H,87,100)/t52-,53-,54-,60+,61?,62?,63?,64?,68+,69?,70?,71-,72-,73?,74+,75+,76+,79-,80?,81+/m1/s1. The number of hydrogen-bond donors (Lipinski definition) is 15. The lowest BCUT2D eigenvalue weighted by molar-refractivity contribution is -0.395. The Morgan fingerprint density at radius 3 is 1.39 bits per heavy atom. The fourth-order valence-corrected chi connectivity index (χ4v) is 13.7. The molecule has 4 heterocycles. The maximum atomic E-state index is 14.1. The molecule has 0 aliphatic carbocycles. The molecule has 4 fully saturated rings. The number of carbonyl (C=O) groups is 10. The molecule has 39 nitrogen and oxygen atoms in total. The van der Waals surface area contributed by atoms with Crippen LogP contribution in [0, 0.1) is 23.2 Å². The van der Waals surface area contributed by atoms with Crippen LogP contribution in [0.3, 0.4) is 0 Å². The van der Waals surface area contributed by atoms with E-state index in [1.807, 2.05) is 20.8 Å². The van der Waals surface area contributed by atoms with Crippen molar-refractivity contribution in [3.05, 3.63) is 0 Å². The van der Waals surface area contributed by atoms with Gasteiger partial charge in [0, 0.05) is 135 Å². The largest absolute Gasteiger partial charge is 0.433 e. The highest BCUT2D eigenvalue weighted by atomic mass is 16.9. The van der Waals surface area contributed by atoms with E-state index in [2.05, 4.69) is 31.7 Å². The number of nitrogens with zero attached hydrogens (tertiary/aromatic N) is 1. The highest BCUT2D eigenvalue weighted by Gasteiger charge is 2.53. The lowest BCUT2D eigenvalue weighted by Gasteiger charge is -2.46. The van der Waals surface area contributed by atoms with Gasteiger partial charge in [0.1, 0.15) is 70.9 Å². The van der Waals surface area contributed by atoms with Crippen LogP contribution in [-0.4, -0.2) is 325 Å². The van der Waals surface area contributed by atoms with Crippen molar-refractivity contribution in [2.45, 2.75) is 319 Å². The molecule has 19 atom stereocenters. The number of Topliss-reactive ketones (excluding diaryl/α,β-unsaturated/α-hetero) is 4. The van der Waals surface area contributed by atoms with Crippen molar-refractivity contribution in [3.8, 4) is 0 Å². The normalized spacial score (nSPS) is 28.2. The first kappa shape index (κ1) is 106. The highest BCUT2D eigenvalue weighted by molar-refractivity contribution is 5.81. The zero-order valence-electron chi connectivity index (χ0n) is 71.3. The van der Waals surface area contributed by atoms with Crippen LogP contribution in [0.4, 0.5) is 4.79 Å². The molecule has 15 N–H and O–H groups in total. The number of nitrogens with one attached hydrogen (secondary N) is 5. The van der Waals surface area contributed by atoms with E-state index in [0.717, 1.165) is 6.21 Å². The van der Waals surface area contributed by atoms with E-state index in [9.17, 15) is 99.0 Å². The molecule has 692 valence electrons. The molecule has 4 saturated heterocycles. The molecular formula is C81H140N6O33. The van der Waals surface area contributed by atoms with Gasteiger partial charge in [0.05, 0.1) is 109 Å². The first-order valence-corrected chi connectivity index (χ1v) is 42.3. The smallest absolute Gasteiger partial charge is 0.410 e. The van der Waals surface area contributed by atoms with Gasteiger partial charge in [-0.25, -0.2) is 4.79 Å². The summed E-state index contributed by atoms with van der Waals surface area (Å²) in [7, 11) is 0. The van der Waals surface area contributed by atoms with Crippen molar-refractivity contribution >= 4 is 65.5 Å². The van der Waals surface area contributed by atoms with E-state index in [4.69, 9.17) is 61.7 Å². The fourth-order valence-electron chi connectivity index (χ4n) is 13.7. The number of ether oxygens (including phenoxy) is 12. The number of unbranched alkanes of at least 4 members (excludes halogenated alkanes) is 7. The number of hydrogen-bond acceptors (Lipinski definition) is 34. The van der Waals surface area contributed by atoms with E-state index in [-0.39, 0.29) is 160 Å². The van der Waals surface area contributed by atoms with E-state index in [0.29, 0.717) is 109 Å². The van der Waals surface area contributed by atoms with E-state index >= 15 is 0 Å². The number of ketones is 4. The molecule has 4 rings (SSSR count). The summed E-state index contributed by atoms with van der Waals surface area (Å²) in [5.41, 5.74) is -3.71. The third kappa shape index (κ3) is 40.0. The van der Waals surface area contributed by atoms with Gasteiger partial charge < -0.3 is 134 Å². The van der Waals surface area contributed by atoms with E-state index in [1.54, 1.807) is 20.8 Å². The Morgan fingerprint density at radius 2 is 0.942 bits per heavy atom. The zero-order valence-corrected chi connectivity index (χ0v) is 71.3. The fraction of sp³-hybridized carbons (Fsp3) is 0.864. The maximum Gasteiger partial charge on any atom is 0.433 e. The number of amides is 5. The van der Waals surface area contributed by atoms with Gasteiger partial charge in [-0.05, 0) is 83.0 Å². The van der Waals surface area contributed by atoms with Gasteiger partial charge in [0.2, 0.25) is 23.6 Å². The van der Waals surface area contributed by atoms with Gasteiger partial charge in [-0.15, -0.1) is 0 Å². The second kappa shape index (κ2) is 56.9. The molecule has 0 saturated carbocycles. The van der Waals surface area contributed by atoms with Crippen LogP contribution in [0.2, 0.25) is 0 Å². The van der Waals surface area contributed by atoms with Gasteiger partial charge >= 0.3 is 12.1 Å².